The molecule has 1 aromatic rings. The minimum Gasteiger partial charge on any atom is -0.691 e. The zero-order chi connectivity index (χ0) is 22.1. The van der Waals surface area contributed by atoms with Gasteiger partial charge in [0.25, 0.3) is 5.91 Å². The van der Waals surface area contributed by atoms with Gasteiger partial charge in [-0.3, -0.25) is 14.7 Å². The molecular weight excluding hydrogens is 475 g/mol. The minimum absolute atomic E-state index is 0. The SMILES string of the molecule is CCCCN1C(=O)C(=CC=C2C=CN(CCCCSOO[O-])c3ccccc32)SC1=S.[Na+]. The van der Waals surface area contributed by atoms with E-state index in [1.807, 2.05) is 24.3 Å². The van der Waals surface area contributed by atoms with Gasteiger partial charge in [0.15, 0.2) is 0 Å². The van der Waals surface area contributed by atoms with E-state index in [1.54, 1.807) is 4.90 Å². The summed E-state index contributed by atoms with van der Waals surface area (Å²) in [6, 6.07) is 8.23. The Labute approximate surface area is 225 Å². The van der Waals surface area contributed by atoms with Crippen molar-refractivity contribution in [2.45, 2.75) is 32.6 Å². The minimum atomic E-state index is -0.000714. The normalized spacial score (nSPS) is 17.9. The molecule has 1 aromatic carbocycles. The van der Waals surface area contributed by atoms with Crippen LogP contribution in [0, 0.1) is 0 Å². The van der Waals surface area contributed by atoms with E-state index >= 15 is 0 Å². The number of carbonyl (C=O) groups is 1. The number of unbranched alkanes of at least 4 members (excludes halogenated alkanes) is 2. The molecule has 166 valence electrons. The summed E-state index contributed by atoms with van der Waals surface area (Å²) in [6.07, 6.45) is 11.8. The van der Waals surface area contributed by atoms with Gasteiger partial charge in [0.2, 0.25) is 0 Å². The molecule has 10 heteroatoms. The number of amides is 1. The van der Waals surface area contributed by atoms with E-state index in [-0.39, 0.29) is 35.5 Å². The van der Waals surface area contributed by atoms with Crippen LogP contribution >= 0.6 is 36.0 Å². The van der Waals surface area contributed by atoms with Gasteiger partial charge in [-0.25, -0.2) is 0 Å². The van der Waals surface area contributed by atoms with Crippen molar-refractivity contribution in [3.8, 4) is 0 Å². The number of carbonyl (C=O) groups excluding carboxylic acids is 1. The Bertz CT molecular complexity index is 892. The largest absolute Gasteiger partial charge is 1.00 e. The van der Waals surface area contributed by atoms with Crippen molar-refractivity contribution in [2.75, 3.05) is 23.7 Å². The molecule has 32 heavy (non-hydrogen) atoms. The second-order valence-corrected chi connectivity index (χ2v) is 9.48. The fourth-order valence-electron chi connectivity index (χ4n) is 3.33. The number of rotatable bonds is 11. The molecule has 0 bridgehead atoms. The summed E-state index contributed by atoms with van der Waals surface area (Å²) in [5.74, 6) is 0.697. The van der Waals surface area contributed by atoms with Gasteiger partial charge >= 0.3 is 29.6 Å². The molecule has 0 saturated carbocycles. The maximum absolute atomic E-state index is 12.7. The van der Waals surface area contributed by atoms with Crippen molar-refractivity contribution in [1.29, 1.82) is 0 Å². The molecule has 0 unspecified atom stereocenters. The Balaban J connectivity index is 0.00000363. The van der Waals surface area contributed by atoms with Gasteiger partial charge in [0, 0.05) is 48.3 Å². The number of hydrogen-bond acceptors (Lipinski definition) is 8. The average Bonchev–Trinajstić information content (AvgIpc) is 3.06. The fourth-order valence-corrected chi connectivity index (χ4v) is 5.01. The van der Waals surface area contributed by atoms with E-state index < -0.39 is 0 Å². The van der Waals surface area contributed by atoms with Crippen molar-refractivity contribution in [3.05, 3.63) is 59.2 Å². The van der Waals surface area contributed by atoms with Crippen molar-refractivity contribution in [1.82, 2.24) is 4.90 Å². The van der Waals surface area contributed by atoms with Gasteiger partial charge < -0.3 is 10.2 Å². The van der Waals surface area contributed by atoms with E-state index in [1.165, 1.54) is 11.8 Å². The van der Waals surface area contributed by atoms with Gasteiger partial charge in [-0.1, -0.05) is 61.6 Å². The molecule has 1 saturated heterocycles. The van der Waals surface area contributed by atoms with Crippen LogP contribution in [0.2, 0.25) is 0 Å². The van der Waals surface area contributed by atoms with Gasteiger partial charge in [0.05, 0.1) is 4.91 Å². The van der Waals surface area contributed by atoms with Crippen molar-refractivity contribution in [2.24, 2.45) is 0 Å². The summed E-state index contributed by atoms with van der Waals surface area (Å²) >= 11 is 7.78. The van der Waals surface area contributed by atoms with Crippen molar-refractivity contribution < 1.29 is 49.0 Å². The van der Waals surface area contributed by atoms with Crippen LogP contribution in [0.5, 0.6) is 0 Å². The number of fused-ring (bicyclic) bond motifs is 1. The van der Waals surface area contributed by atoms with Gasteiger partial charge in [0.1, 0.15) is 4.32 Å². The van der Waals surface area contributed by atoms with Gasteiger partial charge in [-0.15, -0.1) is 0 Å². The molecule has 1 fully saturated rings. The maximum atomic E-state index is 12.7. The molecule has 2 heterocycles. The Morgan fingerprint density at radius 3 is 2.78 bits per heavy atom. The third kappa shape index (κ3) is 7.44. The monoisotopic (exact) mass is 500 g/mol. The van der Waals surface area contributed by atoms with Crippen LogP contribution in [0.15, 0.2) is 53.6 Å². The molecule has 0 aliphatic carbocycles. The predicted octanol–water partition coefficient (Wildman–Crippen LogP) is 1.60. The van der Waals surface area contributed by atoms with E-state index in [0.717, 1.165) is 61.1 Å². The van der Waals surface area contributed by atoms with Gasteiger partial charge in [-0.05, 0) is 43.1 Å². The van der Waals surface area contributed by atoms with Crippen molar-refractivity contribution in [3.63, 3.8) is 0 Å². The molecular formula is C22H25N2NaO4S3. The molecule has 1 amide bonds. The van der Waals surface area contributed by atoms with Crippen LogP contribution in [0.1, 0.15) is 38.2 Å². The third-order valence-electron chi connectivity index (χ3n) is 4.93. The Kier molecular flexibility index (Phi) is 12.6. The number of hydrogen-bond donors (Lipinski definition) is 0. The quantitative estimate of drug-likeness (QED) is 0.0864. The van der Waals surface area contributed by atoms with Crippen LogP contribution in [0.4, 0.5) is 5.69 Å². The van der Waals surface area contributed by atoms with E-state index in [0.29, 0.717) is 21.5 Å². The average molecular weight is 501 g/mol. The molecule has 0 radical (unpaired) electrons. The Morgan fingerprint density at radius 2 is 2.00 bits per heavy atom. The molecule has 3 rings (SSSR count). The number of nitrogens with zero attached hydrogens (tertiary/aromatic N) is 2. The number of para-hydroxylation sites is 1. The van der Waals surface area contributed by atoms with Crippen LogP contribution in [0.25, 0.3) is 5.57 Å². The summed E-state index contributed by atoms with van der Waals surface area (Å²) < 4.78 is 4.93. The van der Waals surface area contributed by atoms with Crippen LogP contribution < -0.4 is 39.7 Å². The zero-order valence-electron chi connectivity index (χ0n) is 18.3. The first-order valence-electron chi connectivity index (χ1n) is 10.2. The molecule has 0 N–H and O–H groups in total. The third-order valence-corrected chi connectivity index (χ3v) is 6.94. The first-order chi connectivity index (χ1) is 15.2. The first kappa shape index (κ1) is 27.6. The number of allylic oxidation sites excluding steroid dienone is 4. The second-order valence-electron chi connectivity index (χ2n) is 7.02. The summed E-state index contributed by atoms with van der Waals surface area (Å²) in [4.78, 5) is 17.2. The fraction of sp³-hybridized carbons (Fsp3) is 0.364. The summed E-state index contributed by atoms with van der Waals surface area (Å²) in [6.45, 7) is 3.64. The molecule has 2 aliphatic rings. The molecule has 6 nitrogen and oxygen atoms in total. The summed E-state index contributed by atoms with van der Waals surface area (Å²) in [5, 5.41) is 13.1. The molecule has 0 aromatic heterocycles. The van der Waals surface area contributed by atoms with E-state index in [2.05, 4.69) is 45.6 Å². The van der Waals surface area contributed by atoms with E-state index in [9.17, 15) is 10.1 Å². The molecule has 2 aliphatic heterocycles. The predicted molar refractivity (Wildman–Crippen MR) is 130 cm³/mol. The maximum Gasteiger partial charge on any atom is 1.00 e. The number of thiocarbonyl (C=S) groups is 1. The molecule has 0 atom stereocenters. The topological polar surface area (TPSA) is 65.1 Å². The van der Waals surface area contributed by atoms with Crippen LogP contribution in [0.3, 0.4) is 0 Å². The second kappa shape index (κ2) is 14.6. The smallest absolute Gasteiger partial charge is 0.691 e. The Hall–Kier alpha value is -0.620. The standard InChI is InChI=1S/C22H26N2O4S3.Na/c1-2-3-14-24-21(25)20(31-22(24)29)11-10-17-12-15-23(13-6-7-16-30-28-27-26)19-9-5-4-8-18(17)19;/h4-5,8-12,15,26H,2-3,6-7,13-14,16H2,1H3;/q;+1/p-1. The zero-order valence-corrected chi connectivity index (χ0v) is 22.8. The van der Waals surface area contributed by atoms with Crippen LogP contribution in [-0.2, 0) is 14.2 Å². The number of benzene rings is 1. The summed E-state index contributed by atoms with van der Waals surface area (Å²) in [7, 11) is 0. The first-order valence-corrected chi connectivity index (χ1v) is 12.4. The number of thioether (sulfide) groups is 1. The van der Waals surface area contributed by atoms with Gasteiger partial charge in [-0.2, -0.15) is 4.33 Å². The molecule has 0 spiro atoms. The summed E-state index contributed by atoms with van der Waals surface area (Å²) in [5.41, 5.74) is 3.31. The van der Waals surface area contributed by atoms with Crippen molar-refractivity contribution >= 4 is 57.5 Å². The Morgan fingerprint density at radius 1 is 1.19 bits per heavy atom. The number of anilines is 1. The van der Waals surface area contributed by atoms with E-state index in [4.69, 9.17) is 12.2 Å². The van der Waals surface area contributed by atoms with Crippen LogP contribution in [-0.4, -0.2) is 34.0 Å².